The van der Waals surface area contributed by atoms with Crippen molar-refractivity contribution in [2.75, 3.05) is 13.1 Å². The highest BCUT2D eigenvalue weighted by Gasteiger charge is 1.93. The summed E-state index contributed by atoms with van der Waals surface area (Å²) in [5.74, 6) is 0. The van der Waals surface area contributed by atoms with Crippen LogP contribution in [0.1, 0.15) is 19.3 Å². The zero-order valence-corrected chi connectivity index (χ0v) is 5.04. The topological polar surface area (TPSA) is 12.0 Å². The van der Waals surface area contributed by atoms with E-state index >= 15 is 0 Å². The Morgan fingerprint density at radius 1 is 0.857 bits per heavy atom. The number of nitrogens with one attached hydrogen (secondary N) is 1. The average molecular weight is 100 g/mol. The second-order valence-corrected chi connectivity index (χ2v) is 1.81. The van der Waals surface area contributed by atoms with Crippen LogP contribution in [0.3, 0.4) is 0 Å². The molecule has 0 radical (unpaired) electrons. The molecule has 1 nitrogen and oxygen atoms in total. The van der Waals surface area contributed by atoms with E-state index in [-0.39, 0.29) is 7.43 Å². The average Bonchev–Trinajstić information content (AvgIpc) is 1.72. The van der Waals surface area contributed by atoms with Gasteiger partial charge in [0.05, 0.1) is 0 Å². The molecule has 44 valence electrons. The Morgan fingerprint density at radius 2 is 1.43 bits per heavy atom. The molecule has 0 atom stereocenters. The van der Waals surface area contributed by atoms with E-state index in [1.54, 1.807) is 0 Å². The second-order valence-electron chi connectivity index (χ2n) is 1.81. The maximum absolute atomic E-state index is 3.28. The molecule has 1 heteroatoms. The molecule has 1 N–H and O–H groups in total. The van der Waals surface area contributed by atoms with Crippen molar-refractivity contribution < 1.29 is 0 Å². The minimum absolute atomic E-state index is 0. The van der Waals surface area contributed by atoms with Crippen LogP contribution < -0.4 is 5.32 Å². The second kappa shape index (κ2) is 4.13. The molecule has 1 aliphatic heterocycles. The minimum atomic E-state index is 0. The fourth-order valence-corrected chi connectivity index (χ4v) is 0.802. The van der Waals surface area contributed by atoms with Gasteiger partial charge in [0.25, 0.3) is 0 Å². The lowest BCUT2D eigenvalue weighted by Gasteiger charge is -2.08. The lowest BCUT2D eigenvalue weighted by Crippen LogP contribution is -2.21. The summed E-state index contributed by atoms with van der Waals surface area (Å²) in [5, 5.41) is 3.28. The Hall–Kier alpha value is -0.0400. The van der Waals surface area contributed by atoms with E-state index in [1.165, 1.54) is 32.4 Å². The quantitative estimate of drug-likeness (QED) is 0.451. The Labute approximate surface area is 46.1 Å². The van der Waals surface area contributed by atoms with Crippen molar-refractivity contribution in [2.24, 2.45) is 0 Å². The first kappa shape index (κ1) is 6.96. The molecular formula is C6H14N-. The van der Waals surface area contributed by atoms with Crippen LogP contribution in [0, 0.1) is 7.43 Å². The Balaban J connectivity index is 0.000000360. The molecule has 7 heavy (non-hydrogen) atoms. The summed E-state index contributed by atoms with van der Waals surface area (Å²) in [5.41, 5.74) is 0. The SMILES string of the molecule is C1CCNCC1.[CH3-]. The maximum Gasteiger partial charge on any atom is -0.00489 e. The summed E-state index contributed by atoms with van der Waals surface area (Å²) in [6.45, 7) is 2.50. The maximum atomic E-state index is 3.28. The van der Waals surface area contributed by atoms with Crippen molar-refractivity contribution in [1.29, 1.82) is 0 Å². The standard InChI is InChI=1S/C5H11N.CH3/c1-2-4-6-5-3-1;/h6H,1-5H2;1H3/q;-1. The van der Waals surface area contributed by atoms with E-state index in [2.05, 4.69) is 5.32 Å². The lowest BCUT2D eigenvalue weighted by atomic mass is 10.2. The summed E-state index contributed by atoms with van der Waals surface area (Å²) < 4.78 is 0. The van der Waals surface area contributed by atoms with E-state index in [1.807, 2.05) is 0 Å². The van der Waals surface area contributed by atoms with Gasteiger partial charge in [-0.2, -0.15) is 0 Å². The van der Waals surface area contributed by atoms with Gasteiger partial charge in [-0.3, -0.25) is 0 Å². The zero-order chi connectivity index (χ0) is 4.24. The molecule has 1 heterocycles. The van der Waals surface area contributed by atoms with E-state index in [0.717, 1.165) is 0 Å². The van der Waals surface area contributed by atoms with Gasteiger partial charge in [0.15, 0.2) is 0 Å². The minimum Gasteiger partial charge on any atom is -0.358 e. The molecule has 0 amide bonds. The molecule has 0 aromatic carbocycles. The molecule has 0 bridgehead atoms. The Morgan fingerprint density at radius 3 is 1.57 bits per heavy atom. The van der Waals surface area contributed by atoms with Crippen molar-refractivity contribution in [3.05, 3.63) is 7.43 Å². The van der Waals surface area contributed by atoms with Crippen molar-refractivity contribution in [3.63, 3.8) is 0 Å². The third-order valence-electron chi connectivity index (χ3n) is 1.21. The van der Waals surface area contributed by atoms with Crippen LogP contribution >= 0.6 is 0 Å². The van der Waals surface area contributed by atoms with Crippen molar-refractivity contribution in [2.45, 2.75) is 19.3 Å². The lowest BCUT2D eigenvalue weighted by molar-refractivity contribution is 0.520. The first-order chi connectivity index (χ1) is 3.00. The number of hydrogen-bond acceptors (Lipinski definition) is 1. The van der Waals surface area contributed by atoms with Crippen LogP contribution in [0.25, 0.3) is 0 Å². The van der Waals surface area contributed by atoms with Crippen LogP contribution in [0.2, 0.25) is 0 Å². The monoisotopic (exact) mass is 100 g/mol. The van der Waals surface area contributed by atoms with Gasteiger partial charge in [0, 0.05) is 0 Å². The molecule has 0 saturated carbocycles. The van der Waals surface area contributed by atoms with E-state index in [0.29, 0.717) is 0 Å². The fourth-order valence-electron chi connectivity index (χ4n) is 0.802. The van der Waals surface area contributed by atoms with Crippen molar-refractivity contribution >= 4 is 0 Å². The van der Waals surface area contributed by atoms with E-state index < -0.39 is 0 Å². The summed E-state index contributed by atoms with van der Waals surface area (Å²) >= 11 is 0. The first-order valence-electron chi connectivity index (χ1n) is 2.71. The Bertz CT molecular complexity index is 19.7. The highest BCUT2D eigenvalue weighted by molar-refractivity contribution is 4.55. The van der Waals surface area contributed by atoms with Gasteiger partial charge >= 0.3 is 0 Å². The van der Waals surface area contributed by atoms with E-state index in [9.17, 15) is 0 Å². The number of rotatable bonds is 0. The van der Waals surface area contributed by atoms with Gasteiger partial charge in [0.1, 0.15) is 0 Å². The molecule has 1 fully saturated rings. The van der Waals surface area contributed by atoms with Crippen molar-refractivity contribution in [3.8, 4) is 0 Å². The Kier molecular flexibility index (Phi) is 4.10. The third kappa shape index (κ3) is 2.63. The van der Waals surface area contributed by atoms with Gasteiger partial charge in [-0.25, -0.2) is 0 Å². The van der Waals surface area contributed by atoms with Crippen molar-refractivity contribution in [1.82, 2.24) is 5.32 Å². The molecule has 1 aliphatic rings. The fraction of sp³-hybridized carbons (Fsp3) is 0.833. The van der Waals surface area contributed by atoms with Gasteiger partial charge in [-0.05, 0) is 25.9 Å². The summed E-state index contributed by atoms with van der Waals surface area (Å²) in [6, 6.07) is 0. The van der Waals surface area contributed by atoms with Gasteiger partial charge in [-0.1, -0.05) is 6.42 Å². The molecule has 0 unspecified atom stereocenters. The largest absolute Gasteiger partial charge is 0.358 e. The van der Waals surface area contributed by atoms with Crippen LogP contribution in [-0.2, 0) is 0 Å². The molecule has 0 aromatic rings. The third-order valence-corrected chi connectivity index (χ3v) is 1.21. The highest BCUT2D eigenvalue weighted by atomic mass is 14.9. The number of piperidine rings is 1. The number of hydrogen-bond donors (Lipinski definition) is 1. The summed E-state index contributed by atoms with van der Waals surface area (Å²) in [6.07, 6.45) is 4.22. The highest BCUT2D eigenvalue weighted by Crippen LogP contribution is 1.96. The van der Waals surface area contributed by atoms with Crippen LogP contribution in [0.5, 0.6) is 0 Å². The van der Waals surface area contributed by atoms with Gasteiger partial charge < -0.3 is 12.7 Å². The molecule has 0 aliphatic carbocycles. The predicted molar refractivity (Wildman–Crippen MR) is 33.1 cm³/mol. The first-order valence-corrected chi connectivity index (χ1v) is 2.71. The van der Waals surface area contributed by atoms with Crippen LogP contribution in [-0.4, -0.2) is 13.1 Å². The summed E-state index contributed by atoms with van der Waals surface area (Å²) in [7, 11) is 0. The van der Waals surface area contributed by atoms with Crippen LogP contribution in [0.15, 0.2) is 0 Å². The molecule has 1 rings (SSSR count). The predicted octanol–water partition coefficient (Wildman–Crippen LogP) is 1.21. The van der Waals surface area contributed by atoms with Crippen LogP contribution in [0.4, 0.5) is 0 Å². The van der Waals surface area contributed by atoms with Gasteiger partial charge in [0.2, 0.25) is 0 Å². The molecule has 1 saturated heterocycles. The smallest absolute Gasteiger partial charge is 0.00489 e. The normalized spacial score (nSPS) is 20.6. The summed E-state index contributed by atoms with van der Waals surface area (Å²) in [4.78, 5) is 0. The van der Waals surface area contributed by atoms with E-state index in [4.69, 9.17) is 0 Å². The van der Waals surface area contributed by atoms with Gasteiger partial charge in [-0.15, -0.1) is 0 Å². The molecule has 0 spiro atoms. The molecular weight excluding hydrogens is 86.1 g/mol. The zero-order valence-electron chi connectivity index (χ0n) is 5.04. The molecule has 0 aromatic heterocycles.